The Morgan fingerprint density at radius 2 is 2.00 bits per heavy atom. The second-order valence-electron chi connectivity index (χ2n) is 6.70. The Bertz CT molecular complexity index is 733. The Kier molecular flexibility index (Phi) is 9.03. The number of benzene rings is 1. The third-order valence-corrected chi connectivity index (χ3v) is 4.47. The predicted octanol–water partition coefficient (Wildman–Crippen LogP) is 3.55. The number of nitrogens with one attached hydrogen (secondary N) is 1. The van der Waals surface area contributed by atoms with E-state index in [1.807, 2.05) is 43.0 Å². The minimum Gasteiger partial charge on any atom is -0.488 e. The smallest absolute Gasteiger partial charge is 0.253 e. The normalized spacial score (nSPS) is 16.1. The summed E-state index contributed by atoms with van der Waals surface area (Å²) in [5.74, 6) is 0.937. The molecule has 0 radical (unpaired) electrons. The van der Waals surface area contributed by atoms with Gasteiger partial charge in [0.25, 0.3) is 5.91 Å². The topological polar surface area (TPSA) is 54.5 Å². The fourth-order valence-corrected chi connectivity index (χ4v) is 3.24. The molecule has 27 heavy (non-hydrogen) atoms. The molecule has 2 aromatic rings. The third kappa shape index (κ3) is 5.83. The van der Waals surface area contributed by atoms with Gasteiger partial charge in [-0.15, -0.1) is 24.8 Å². The van der Waals surface area contributed by atoms with Crippen molar-refractivity contribution in [1.82, 2.24) is 15.2 Å². The van der Waals surface area contributed by atoms with Gasteiger partial charge in [-0.25, -0.2) is 0 Å². The lowest BCUT2D eigenvalue weighted by atomic mass is 10.0. The first-order chi connectivity index (χ1) is 12.0. The van der Waals surface area contributed by atoms with Gasteiger partial charge in [-0.3, -0.25) is 9.78 Å². The lowest BCUT2D eigenvalue weighted by Gasteiger charge is -2.32. The van der Waals surface area contributed by atoms with E-state index in [9.17, 15) is 4.79 Å². The van der Waals surface area contributed by atoms with Gasteiger partial charge < -0.3 is 15.0 Å². The molecule has 2 heterocycles. The minimum absolute atomic E-state index is 0. The molecule has 1 aliphatic rings. The molecule has 5 nitrogen and oxygen atoms in total. The van der Waals surface area contributed by atoms with Crippen molar-refractivity contribution >= 4 is 30.7 Å². The lowest BCUT2D eigenvalue weighted by Crippen LogP contribution is -2.51. The molecule has 0 aliphatic carbocycles. The van der Waals surface area contributed by atoms with Crippen LogP contribution in [0.5, 0.6) is 5.75 Å². The molecule has 1 aromatic carbocycles. The van der Waals surface area contributed by atoms with E-state index in [1.54, 1.807) is 12.4 Å². The highest BCUT2D eigenvalue weighted by Gasteiger charge is 2.22. The van der Waals surface area contributed by atoms with E-state index in [4.69, 9.17) is 4.74 Å². The molecule has 7 heteroatoms. The van der Waals surface area contributed by atoms with Crippen molar-refractivity contribution in [3.8, 4) is 5.75 Å². The van der Waals surface area contributed by atoms with Crippen LogP contribution in [-0.4, -0.2) is 41.5 Å². The predicted molar refractivity (Wildman–Crippen MR) is 112 cm³/mol. The number of carbonyl (C=O) groups excluding carboxylic acids is 1. The van der Waals surface area contributed by atoms with Gasteiger partial charge in [0.05, 0.1) is 0 Å². The number of pyridine rings is 1. The molecule has 148 valence electrons. The highest BCUT2D eigenvalue weighted by molar-refractivity contribution is 5.95. The zero-order valence-corrected chi connectivity index (χ0v) is 17.5. The summed E-state index contributed by atoms with van der Waals surface area (Å²) >= 11 is 0. The highest BCUT2D eigenvalue weighted by Crippen LogP contribution is 2.26. The van der Waals surface area contributed by atoms with E-state index in [1.165, 1.54) is 0 Å². The minimum atomic E-state index is 0. The second kappa shape index (κ2) is 10.5. The van der Waals surface area contributed by atoms with Crippen LogP contribution in [0.15, 0.2) is 36.7 Å². The number of hydrogen-bond acceptors (Lipinski definition) is 4. The average molecular weight is 412 g/mol. The van der Waals surface area contributed by atoms with Crippen LogP contribution >= 0.6 is 24.8 Å². The second-order valence-corrected chi connectivity index (χ2v) is 6.70. The Hall–Kier alpha value is -1.82. The van der Waals surface area contributed by atoms with Gasteiger partial charge in [0.15, 0.2) is 0 Å². The zero-order valence-electron chi connectivity index (χ0n) is 15.9. The number of aryl methyl sites for hydroxylation is 2. The van der Waals surface area contributed by atoms with Gasteiger partial charge in [-0.2, -0.15) is 0 Å². The maximum atomic E-state index is 12.8. The molecular weight excluding hydrogens is 385 g/mol. The van der Waals surface area contributed by atoms with Crippen molar-refractivity contribution in [2.75, 3.05) is 19.6 Å². The fourth-order valence-electron chi connectivity index (χ4n) is 3.24. The number of ether oxygens (including phenoxy) is 1. The van der Waals surface area contributed by atoms with E-state index >= 15 is 0 Å². The number of aromatic nitrogens is 1. The summed E-state index contributed by atoms with van der Waals surface area (Å²) in [4.78, 5) is 18.8. The molecular formula is C20H27Cl2N3O2. The van der Waals surface area contributed by atoms with Crippen molar-refractivity contribution < 1.29 is 9.53 Å². The first-order valence-electron chi connectivity index (χ1n) is 8.70. The van der Waals surface area contributed by atoms with Gasteiger partial charge in [-0.1, -0.05) is 6.07 Å². The Balaban J connectivity index is 0.00000182. The van der Waals surface area contributed by atoms with Gasteiger partial charge in [0, 0.05) is 49.2 Å². The number of rotatable bonds is 4. The number of nitrogens with zero attached hydrogens (tertiary/aromatic N) is 2. The fraction of sp³-hybridized carbons (Fsp3) is 0.400. The largest absolute Gasteiger partial charge is 0.488 e. The molecule has 1 saturated heterocycles. The van der Waals surface area contributed by atoms with Gasteiger partial charge in [0.2, 0.25) is 0 Å². The van der Waals surface area contributed by atoms with Crippen LogP contribution in [0.3, 0.4) is 0 Å². The summed E-state index contributed by atoms with van der Waals surface area (Å²) in [5, 5.41) is 3.36. The summed E-state index contributed by atoms with van der Waals surface area (Å²) in [5.41, 5.74) is 3.72. The van der Waals surface area contributed by atoms with Crippen LogP contribution < -0.4 is 10.1 Å². The molecule has 1 fully saturated rings. The summed E-state index contributed by atoms with van der Waals surface area (Å²) in [6.07, 6.45) is 3.55. The van der Waals surface area contributed by atoms with Crippen molar-refractivity contribution in [2.24, 2.45) is 0 Å². The SMILES string of the molecule is Cc1cc(C(=O)N2CCNC(C)C2)cc(C)c1OCc1cccnc1.Cl.Cl. The van der Waals surface area contributed by atoms with Crippen molar-refractivity contribution in [3.63, 3.8) is 0 Å². The average Bonchev–Trinajstić information content (AvgIpc) is 2.61. The maximum Gasteiger partial charge on any atom is 0.253 e. The van der Waals surface area contributed by atoms with Crippen molar-refractivity contribution in [2.45, 2.75) is 33.4 Å². The molecule has 0 saturated carbocycles. The van der Waals surface area contributed by atoms with E-state index in [-0.39, 0.29) is 30.7 Å². The maximum absolute atomic E-state index is 12.8. The number of amides is 1. The molecule has 1 amide bonds. The molecule has 0 bridgehead atoms. The molecule has 1 aromatic heterocycles. The Morgan fingerprint density at radius 3 is 2.59 bits per heavy atom. The quantitative estimate of drug-likeness (QED) is 0.835. The van der Waals surface area contributed by atoms with Crippen LogP contribution in [-0.2, 0) is 6.61 Å². The molecule has 1 N–H and O–H groups in total. The zero-order chi connectivity index (χ0) is 17.8. The van der Waals surface area contributed by atoms with Gasteiger partial charge >= 0.3 is 0 Å². The summed E-state index contributed by atoms with van der Waals surface area (Å²) in [6.45, 7) is 8.89. The van der Waals surface area contributed by atoms with E-state index in [0.29, 0.717) is 12.6 Å². The van der Waals surface area contributed by atoms with Gasteiger partial charge in [-0.05, 0) is 50.1 Å². The molecule has 0 spiro atoms. The van der Waals surface area contributed by atoms with Crippen LogP contribution in [0.25, 0.3) is 0 Å². The van der Waals surface area contributed by atoms with Crippen LogP contribution in [0.4, 0.5) is 0 Å². The molecule has 1 atom stereocenters. The number of piperazine rings is 1. The summed E-state index contributed by atoms with van der Waals surface area (Å²) in [7, 11) is 0. The third-order valence-electron chi connectivity index (χ3n) is 4.47. The molecule has 1 aliphatic heterocycles. The molecule has 1 unspecified atom stereocenters. The van der Waals surface area contributed by atoms with Gasteiger partial charge in [0.1, 0.15) is 12.4 Å². The van der Waals surface area contributed by atoms with E-state index in [2.05, 4.69) is 17.2 Å². The summed E-state index contributed by atoms with van der Waals surface area (Å²) in [6, 6.07) is 8.08. The van der Waals surface area contributed by atoms with Crippen molar-refractivity contribution in [1.29, 1.82) is 0 Å². The van der Waals surface area contributed by atoms with Crippen molar-refractivity contribution in [3.05, 3.63) is 58.9 Å². The first-order valence-corrected chi connectivity index (χ1v) is 8.70. The Morgan fingerprint density at radius 1 is 1.30 bits per heavy atom. The van der Waals surface area contributed by atoms with Crippen LogP contribution in [0.1, 0.15) is 34.0 Å². The number of carbonyl (C=O) groups is 1. The monoisotopic (exact) mass is 411 g/mol. The van der Waals surface area contributed by atoms with Crippen LogP contribution in [0.2, 0.25) is 0 Å². The number of hydrogen-bond donors (Lipinski definition) is 1. The standard InChI is InChI=1S/C20H25N3O2.2ClH/c1-14-9-18(20(24)23-8-7-22-16(3)12-23)10-15(2)19(14)25-13-17-5-4-6-21-11-17;;/h4-6,9-11,16,22H,7-8,12-13H2,1-3H3;2*1H. The highest BCUT2D eigenvalue weighted by atomic mass is 35.5. The van der Waals surface area contributed by atoms with Crippen LogP contribution in [0, 0.1) is 13.8 Å². The van der Waals surface area contributed by atoms with E-state index in [0.717, 1.165) is 47.6 Å². The number of halogens is 2. The summed E-state index contributed by atoms with van der Waals surface area (Å²) < 4.78 is 5.98. The Labute approximate surface area is 173 Å². The lowest BCUT2D eigenvalue weighted by molar-refractivity contribution is 0.0709. The molecule has 3 rings (SSSR count). The first kappa shape index (κ1) is 23.2. The van der Waals surface area contributed by atoms with E-state index < -0.39 is 0 Å².